The first-order chi connectivity index (χ1) is 8.89. The molecule has 3 nitrogen and oxygen atoms in total. The molecule has 0 N–H and O–H groups in total. The fraction of sp³-hybridized carbons (Fsp3) is 0.600. The highest BCUT2D eigenvalue weighted by Gasteiger charge is 2.68. The van der Waals surface area contributed by atoms with Crippen molar-refractivity contribution in [3.63, 3.8) is 0 Å². The molecule has 3 heteroatoms. The van der Waals surface area contributed by atoms with Crippen molar-refractivity contribution in [1.82, 2.24) is 0 Å². The lowest BCUT2D eigenvalue weighted by Gasteiger charge is -2.25. The maximum absolute atomic E-state index is 5.86. The Morgan fingerprint density at radius 2 is 1.94 bits per heavy atom. The molecule has 0 aromatic heterocycles. The van der Waals surface area contributed by atoms with Crippen molar-refractivity contribution >= 4 is 0 Å². The van der Waals surface area contributed by atoms with Gasteiger partial charge in [-0.15, -0.1) is 0 Å². The minimum atomic E-state index is -0.241. The van der Waals surface area contributed by atoms with Gasteiger partial charge in [0.2, 0.25) is 0 Å². The second-order valence-electron chi connectivity index (χ2n) is 5.52. The third kappa shape index (κ3) is 1.57. The first kappa shape index (κ1) is 10.8. The summed E-state index contributed by atoms with van der Waals surface area (Å²) in [4.78, 5) is 0. The van der Waals surface area contributed by atoms with Gasteiger partial charge in [0.25, 0.3) is 0 Å². The monoisotopic (exact) mass is 246 g/mol. The molecule has 3 aliphatic rings. The van der Waals surface area contributed by atoms with Crippen LogP contribution >= 0.6 is 0 Å². The maximum atomic E-state index is 5.86. The summed E-state index contributed by atoms with van der Waals surface area (Å²) in [5.74, 6) is 2.67. The van der Waals surface area contributed by atoms with E-state index in [9.17, 15) is 0 Å². The van der Waals surface area contributed by atoms with E-state index in [1.807, 2.05) is 30.3 Å². The number of rotatable bonds is 3. The van der Waals surface area contributed by atoms with Gasteiger partial charge < -0.3 is 14.2 Å². The molecule has 1 aromatic carbocycles. The van der Waals surface area contributed by atoms with E-state index < -0.39 is 0 Å². The quantitative estimate of drug-likeness (QED) is 0.820. The molecule has 1 aromatic rings. The third-order valence-electron chi connectivity index (χ3n) is 4.63. The van der Waals surface area contributed by atoms with E-state index >= 15 is 0 Å². The van der Waals surface area contributed by atoms with Crippen LogP contribution in [0.25, 0.3) is 0 Å². The Hall–Kier alpha value is -1.06. The second-order valence-corrected chi connectivity index (χ2v) is 5.52. The molecule has 0 radical (unpaired) electrons. The maximum Gasteiger partial charge on any atom is 0.171 e. The third-order valence-corrected chi connectivity index (χ3v) is 4.63. The zero-order valence-corrected chi connectivity index (χ0v) is 10.4. The smallest absolute Gasteiger partial charge is 0.171 e. The van der Waals surface area contributed by atoms with Crippen LogP contribution in [0.5, 0.6) is 5.75 Å². The van der Waals surface area contributed by atoms with Crippen LogP contribution in [-0.4, -0.2) is 25.6 Å². The van der Waals surface area contributed by atoms with Crippen LogP contribution < -0.4 is 4.74 Å². The number of ether oxygens (including phenoxy) is 3. The molecule has 3 fully saturated rings. The van der Waals surface area contributed by atoms with Gasteiger partial charge in [-0.3, -0.25) is 0 Å². The average molecular weight is 246 g/mol. The van der Waals surface area contributed by atoms with Gasteiger partial charge in [0, 0.05) is 18.3 Å². The summed E-state index contributed by atoms with van der Waals surface area (Å²) in [5.41, 5.74) is 0. The first-order valence-corrected chi connectivity index (χ1v) is 6.85. The highest BCUT2D eigenvalue weighted by atomic mass is 16.7. The van der Waals surface area contributed by atoms with Crippen LogP contribution in [0.4, 0.5) is 0 Å². The molecule has 3 atom stereocenters. The van der Waals surface area contributed by atoms with E-state index in [0.29, 0.717) is 11.8 Å². The van der Waals surface area contributed by atoms with Gasteiger partial charge in [-0.2, -0.15) is 0 Å². The van der Waals surface area contributed by atoms with Crippen LogP contribution in [0.2, 0.25) is 0 Å². The lowest BCUT2D eigenvalue weighted by Crippen LogP contribution is -2.32. The summed E-state index contributed by atoms with van der Waals surface area (Å²) in [6.07, 6.45) is 2.30. The Balaban J connectivity index is 1.38. The lowest BCUT2D eigenvalue weighted by atomic mass is 10.1. The van der Waals surface area contributed by atoms with E-state index in [2.05, 4.69) is 0 Å². The number of hydrogen-bond donors (Lipinski definition) is 0. The van der Waals surface area contributed by atoms with Crippen molar-refractivity contribution in [3.8, 4) is 5.75 Å². The molecular weight excluding hydrogens is 228 g/mol. The Morgan fingerprint density at radius 3 is 2.72 bits per heavy atom. The number of para-hydroxylation sites is 1. The van der Waals surface area contributed by atoms with Gasteiger partial charge in [0.05, 0.1) is 19.8 Å². The molecule has 0 bridgehead atoms. The molecule has 0 amide bonds. The zero-order chi connectivity index (χ0) is 12.0. The van der Waals surface area contributed by atoms with Gasteiger partial charge in [0.15, 0.2) is 5.79 Å². The van der Waals surface area contributed by atoms with E-state index in [1.54, 1.807) is 0 Å². The van der Waals surface area contributed by atoms with Crippen LogP contribution in [0.3, 0.4) is 0 Å². The minimum absolute atomic E-state index is 0.241. The Morgan fingerprint density at radius 1 is 1.17 bits per heavy atom. The normalized spacial score (nSPS) is 35.7. The molecule has 1 saturated heterocycles. The van der Waals surface area contributed by atoms with Crippen LogP contribution in [-0.2, 0) is 9.47 Å². The van der Waals surface area contributed by atoms with Crippen molar-refractivity contribution in [2.45, 2.75) is 18.6 Å². The van der Waals surface area contributed by atoms with Gasteiger partial charge in [0.1, 0.15) is 5.75 Å². The summed E-state index contributed by atoms with van der Waals surface area (Å²) in [6.45, 7) is 2.32. The summed E-state index contributed by atoms with van der Waals surface area (Å²) in [6, 6.07) is 10.0. The second kappa shape index (κ2) is 3.97. The highest BCUT2D eigenvalue weighted by Crippen LogP contribution is 2.64. The van der Waals surface area contributed by atoms with Crippen molar-refractivity contribution < 1.29 is 14.2 Å². The van der Waals surface area contributed by atoms with Gasteiger partial charge in [-0.1, -0.05) is 18.2 Å². The van der Waals surface area contributed by atoms with Gasteiger partial charge >= 0.3 is 0 Å². The number of fused-ring (bicyclic) bond motifs is 2. The van der Waals surface area contributed by atoms with Crippen molar-refractivity contribution in [2.75, 3.05) is 19.8 Å². The predicted molar refractivity (Wildman–Crippen MR) is 66.3 cm³/mol. The summed E-state index contributed by atoms with van der Waals surface area (Å²) >= 11 is 0. The summed E-state index contributed by atoms with van der Waals surface area (Å²) in [5, 5.41) is 0. The van der Waals surface area contributed by atoms with E-state index in [-0.39, 0.29) is 5.79 Å². The standard InChI is InChI=1S/C15H18O3/c1-2-4-11(5-3-1)16-10-13-12-6-7-15(14(12)13)17-8-9-18-15/h1-5,12-14H,6-10H2. The number of benzene rings is 1. The van der Waals surface area contributed by atoms with Crippen molar-refractivity contribution in [1.29, 1.82) is 0 Å². The Labute approximate surface area is 107 Å². The van der Waals surface area contributed by atoms with Crippen LogP contribution in [0.15, 0.2) is 30.3 Å². The Kier molecular flexibility index (Phi) is 2.39. The predicted octanol–water partition coefficient (Wildman–Crippen LogP) is 2.46. The average Bonchev–Trinajstić information content (AvgIpc) is 2.77. The first-order valence-electron chi connectivity index (χ1n) is 6.85. The molecule has 2 saturated carbocycles. The Bertz CT molecular complexity index is 419. The van der Waals surface area contributed by atoms with Crippen molar-refractivity contribution in [3.05, 3.63) is 30.3 Å². The molecule has 4 rings (SSSR count). The molecule has 1 heterocycles. The van der Waals surface area contributed by atoms with Gasteiger partial charge in [-0.05, 0) is 24.5 Å². The zero-order valence-electron chi connectivity index (χ0n) is 10.4. The molecular formula is C15H18O3. The van der Waals surface area contributed by atoms with Crippen LogP contribution in [0.1, 0.15) is 12.8 Å². The van der Waals surface area contributed by atoms with Crippen LogP contribution in [0, 0.1) is 17.8 Å². The molecule has 2 aliphatic carbocycles. The number of hydrogen-bond acceptors (Lipinski definition) is 3. The molecule has 96 valence electrons. The SMILES string of the molecule is c1ccc(OCC2C3CCC4(OCCO4)C32)cc1. The molecule has 3 unspecified atom stereocenters. The van der Waals surface area contributed by atoms with E-state index in [0.717, 1.165) is 37.9 Å². The summed E-state index contributed by atoms with van der Waals surface area (Å²) in [7, 11) is 0. The highest BCUT2D eigenvalue weighted by molar-refractivity contribution is 5.21. The van der Waals surface area contributed by atoms with Crippen molar-refractivity contribution in [2.24, 2.45) is 17.8 Å². The van der Waals surface area contributed by atoms with E-state index in [1.165, 1.54) is 6.42 Å². The largest absolute Gasteiger partial charge is 0.493 e. The fourth-order valence-corrected chi connectivity index (χ4v) is 3.77. The minimum Gasteiger partial charge on any atom is -0.493 e. The summed E-state index contributed by atoms with van der Waals surface area (Å²) < 4.78 is 17.6. The van der Waals surface area contributed by atoms with E-state index in [4.69, 9.17) is 14.2 Å². The molecule has 1 spiro atoms. The van der Waals surface area contributed by atoms with Gasteiger partial charge in [-0.25, -0.2) is 0 Å². The lowest BCUT2D eigenvalue weighted by molar-refractivity contribution is -0.171. The molecule has 18 heavy (non-hydrogen) atoms. The fourth-order valence-electron chi connectivity index (χ4n) is 3.77. The molecule has 1 aliphatic heterocycles. The topological polar surface area (TPSA) is 27.7 Å².